The molecule has 0 N–H and O–H groups in total. The first-order valence-electron chi connectivity index (χ1n) is 6.05. The van der Waals surface area contributed by atoms with Crippen molar-refractivity contribution in [3.63, 3.8) is 0 Å². The Morgan fingerprint density at radius 2 is 1.75 bits per heavy atom. The first-order valence-corrected chi connectivity index (χ1v) is 6.05. The number of hydrogen-bond acceptors (Lipinski definition) is 3. The highest BCUT2D eigenvalue weighted by Crippen LogP contribution is 2.09. The zero-order valence-corrected chi connectivity index (χ0v) is 10.5. The Morgan fingerprint density at radius 1 is 1.19 bits per heavy atom. The van der Waals surface area contributed by atoms with E-state index in [0.717, 1.165) is 32.6 Å². The van der Waals surface area contributed by atoms with E-state index in [-0.39, 0.29) is 18.1 Å². The van der Waals surface area contributed by atoms with Gasteiger partial charge in [0.05, 0.1) is 6.42 Å². The van der Waals surface area contributed by atoms with Crippen LogP contribution in [0, 0.1) is 0 Å². The van der Waals surface area contributed by atoms with Crippen LogP contribution in [0.15, 0.2) is 0 Å². The first-order chi connectivity index (χ1) is 7.54. The second-order valence-electron chi connectivity index (χ2n) is 4.55. The van der Waals surface area contributed by atoms with Crippen LogP contribution in [0.25, 0.3) is 0 Å². The summed E-state index contributed by atoms with van der Waals surface area (Å²) in [4.78, 5) is 26.7. The van der Waals surface area contributed by atoms with Crippen molar-refractivity contribution in [2.24, 2.45) is 0 Å². The van der Waals surface area contributed by atoms with E-state index in [1.165, 1.54) is 6.92 Å². The quantitative estimate of drug-likeness (QED) is 0.669. The summed E-state index contributed by atoms with van der Waals surface area (Å²) in [5, 5.41) is 0. The minimum atomic E-state index is -0.0469. The summed E-state index contributed by atoms with van der Waals surface area (Å²) in [5.41, 5.74) is 0. The van der Waals surface area contributed by atoms with Crippen LogP contribution in [0.5, 0.6) is 0 Å². The van der Waals surface area contributed by atoms with Crippen molar-refractivity contribution in [2.75, 3.05) is 26.2 Å². The molecule has 1 aliphatic heterocycles. The fourth-order valence-corrected chi connectivity index (χ4v) is 2.00. The predicted octanol–water partition coefficient (Wildman–Crippen LogP) is 0.908. The van der Waals surface area contributed by atoms with Crippen LogP contribution in [0.3, 0.4) is 0 Å². The molecular weight excluding hydrogens is 204 g/mol. The number of nitrogens with zero attached hydrogens (tertiary/aromatic N) is 2. The van der Waals surface area contributed by atoms with Gasteiger partial charge in [0.15, 0.2) is 0 Å². The Bertz CT molecular complexity index is 258. The van der Waals surface area contributed by atoms with E-state index >= 15 is 0 Å². The third kappa shape index (κ3) is 3.59. The molecule has 0 radical (unpaired) electrons. The van der Waals surface area contributed by atoms with Gasteiger partial charge in [0.2, 0.25) is 5.91 Å². The summed E-state index contributed by atoms with van der Waals surface area (Å²) in [6, 6.07) is 0.588. The molecule has 4 heteroatoms. The largest absolute Gasteiger partial charge is 0.340 e. The summed E-state index contributed by atoms with van der Waals surface area (Å²) in [7, 11) is 0. The maximum Gasteiger partial charge on any atom is 0.230 e. The summed E-state index contributed by atoms with van der Waals surface area (Å²) in [6.07, 6.45) is 1.20. The lowest BCUT2D eigenvalue weighted by atomic mass is 10.2. The second kappa shape index (κ2) is 5.99. The van der Waals surface area contributed by atoms with Crippen molar-refractivity contribution in [1.29, 1.82) is 0 Å². The number of amides is 1. The van der Waals surface area contributed by atoms with Crippen molar-refractivity contribution in [3.05, 3.63) is 0 Å². The molecule has 0 aromatic carbocycles. The number of carbonyl (C=O) groups excluding carboxylic acids is 2. The minimum absolute atomic E-state index is 0.0173. The molecule has 1 amide bonds. The average Bonchev–Trinajstić information content (AvgIpc) is 2.27. The van der Waals surface area contributed by atoms with Crippen LogP contribution in [-0.4, -0.2) is 53.7 Å². The van der Waals surface area contributed by atoms with Gasteiger partial charge < -0.3 is 4.90 Å². The Hall–Kier alpha value is -0.900. The Morgan fingerprint density at radius 3 is 2.19 bits per heavy atom. The molecule has 0 aliphatic carbocycles. The molecule has 1 atom stereocenters. The first kappa shape index (κ1) is 13.2. The highest BCUT2D eigenvalue weighted by Gasteiger charge is 2.23. The van der Waals surface area contributed by atoms with E-state index in [2.05, 4.69) is 18.7 Å². The molecule has 16 heavy (non-hydrogen) atoms. The molecule has 1 saturated heterocycles. The van der Waals surface area contributed by atoms with E-state index in [9.17, 15) is 9.59 Å². The van der Waals surface area contributed by atoms with Gasteiger partial charge in [-0.05, 0) is 20.3 Å². The lowest BCUT2D eigenvalue weighted by Gasteiger charge is -2.37. The van der Waals surface area contributed by atoms with Crippen LogP contribution < -0.4 is 0 Å². The number of piperazine rings is 1. The molecule has 92 valence electrons. The van der Waals surface area contributed by atoms with Gasteiger partial charge in [-0.2, -0.15) is 0 Å². The number of Topliss-reactive ketones (excluding diaryl/α,β-unsaturated/α-hetero) is 1. The van der Waals surface area contributed by atoms with E-state index in [4.69, 9.17) is 0 Å². The van der Waals surface area contributed by atoms with Gasteiger partial charge in [-0.3, -0.25) is 14.5 Å². The second-order valence-corrected chi connectivity index (χ2v) is 4.55. The van der Waals surface area contributed by atoms with Crippen LogP contribution in [0.2, 0.25) is 0 Å². The molecule has 0 spiro atoms. The maximum atomic E-state index is 11.6. The van der Waals surface area contributed by atoms with Crippen molar-refractivity contribution in [1.82, 2.24) is 9.80 Å². The van der Waals surface area contributed by atoms with Crippen molar-refractivity contribution < 1.29 is 9.59 Å². The molecule has 1 unspecified atom stereocenters. The van der Waals surface area contributed by atoms with Gasteiger partial charge in [0.25, 0.3) is 0 Å². The molecule has 1 aliphatic rings. The number of carbonyl (C=O) groups is 2. The Balaban J connectivity index is 2.37. The zero-order chi connectivity index (χ0) is 12.1. The summed E-state index contributed by atoms with van der Waals surface area (Å²) in [5.74, 6) is -0.0642. The summed E-state index contributed by atoms with van der Waals surface area (Å²) < 4.78 is 0. The fourth-order valence-electron chi connectivity index (χ4n) is 2.00. The van der Waals surface area contributed by atoms with Gasteiger partial charge >= 0.3 is 0 Å². The standard InChI is InChI=1S/C12H22N2O2/c1-4-10(2)13-5-7-14(8-6-13)12(16)9-11(3)15/h10H,4-9H2,1-3H3. The highest BCUT2D eigenvalue weighted by atomic mass is 16.2. The molecule has 0 saturated carbocycles. The van der Waals surface area contributed by atoms with E-state index in [1.807, 2.05) is 0 Å². The molecule has 1 fully saturated rings. The van der Waals surface area contributed by atoms with Gasteiger partial charge in [-0.25, -0.2) is 0 Å². The summed E-state index contributed by atoms with van der Waals surface area (Å²) in [6.45, 7) is 9.24. The minimum Gasteiger partial charge on any atom is -0.340 e. The lowest BCUT2D eigenvalue weighted by Crippen LogP contribution is -2.51. The van der Waals surface area contributed by atoms with Crippen LogP contribution in [0.4, 0.5) is 0 Å². The maximum absolute atomic E-state index is 11.6. The van der Waals surface area contributed by atoms with E-state index in [0.29, 0.717) is 6.04 Å². The van der Waals surface area contributed by atoms with Crippen LogP contribution >= 0.6 is 0 Å². The van der Waals surface area contributed by atoms with Crippen molar-refractivity contribution in [3.8, 4) is 0 Å². The Kier molecular flexibility index (Phi) is 4.93. The van der Waals surface area contributed by atoms with Gasteiger partial charge in [-0.15, -0.1) is 0 Å². The highest BCUT2D eigenvalue weighted by molar-refractivity contribution is 5.96. The SMILES string of the molecule is CCC(C)N1CCN(C(=O)CC(C)=O)CC1. The molecule has 0 bridgehead atoms. The van der Waals surface area contributed by atoms with E-state index < -0.39 is 0 Å². The molecule has 0 aromatic heterocycles. The predicted molar refractivity (Wildman–Crippen MR) is 63.2 cm³/mol. The van der Waals surface area contributed by atoms with Crippen LogP contribution in [0.1, 0.15) is 33.6 Å². The van der Waals surface area contributed by atoms with Gasteiger partial charge in [-0.1, -0.05) is 6.92 Å². The molecule has 1 heterocycles. The monoisotopic (exact) mass is 226 g/mol. The van der Waals surface area contributed by atoms with Crippen LogP contribution in [-0.2, 0) is 9.59 Å². The normalized spacial score (nSPS) is 19.6. The van der Waals surface area contributed by atoms with Gasteiger partial charge in [0.1, 0.15) is 5.78 Å². The Labute approximate surface area is 97.6 Å². The van der Waals surface area contributed by atoms with Crippen molar-refractivity contribution >= 4 is 11.7 Å². The lowest BCUT2D eigenvalue weighted by molar-refractivity contribution is -0.136. The topological polar surface area (TPSA) is 40.6 Å². The number of rotatable bonds is 4. The molecule has 4 nitrogen and oxygen atoms in total. The number of hydrogen-bond donors (Lipinski definition) is 0. The molecule has 0 aromatic rings. The zero-order valence-electron chi connectivity index (χ0n) is 10.5. The molecular formula is C12H22N2O2. The smallest absolute Gasteiger partial charge is 0.230 e. The summed E-state index contributed by atoms with van der Waals surface area (Å²) >= 11 is 0. The van der Waals surface area contributed by atoms with Crippen molar-refractivity contribution in [2.45, 2.75) is 39.7 Å². The third-order valence-corrected chi connectivity index (χ3v) is 3.28. The molecule has 1 rings (SSSR count). The number of ketones is 1. The fraction of sp³-hybridized carbons (Fsp3) is 0.833. The average molecular weight is 226 g/mol. The van der Waals surface area contributed by atoms with E-state index in [1.54, 1.807) is 4.90 Å². The third-order valence-electron chi connectivity index (χ3n) is 3.28. The van der Waals surface area contributed by atoms with Gasteiger partial charge in [0, 0.05) is 32.2 Å².